The van der Waals surface area contributed by atoms with Gasteiger partial charge in [0.25, 0.3) is 0 Å². The Kier molecular flexibility index (Phi) is 9.66. The number of ether oxygens (including phenoxy) is 2. The highest BCUT2D eigenvalue weighted by Gasteiger charge is 2.42. The van der Waals surface area contributed by atoms with Gasteiger partial charge in [0, 0.05) is 6.42 Å². The SMILES string of the molecule is CCOC(=O)CC(=O)CC1(O)CCCC(CC(CC(=O)O)O[Si](C)(C)C(C)(C)C)O1. The summed E-state index contributed by atoms with van der Waals surface area (Å²) in [5.41, 5.74) is 0. The first-order valence-electron chi connectivity index (χ1n) is 10.6. The maximum absolute atomic E-state index is 12.1. The fraction of sp³-hybridized carbons (Fsp3) is 0.857. The smallest absolute Gasteiger partial charge is 0.313 e. The molecule has 1 heterocycles. The number of ketones is 1. The molecule has 0 bridgehead atoms. The van der Waals surface area contributed by atoms with Gasteiger partial charge in [-0.3, -0.25) is 14.4 Å². The monoisotopic (exact) mass is 446 g/mol. The van der Waals surface area contributed by atoms with Crippen molar-refractivity contribution in [1.82, 2.24) is 0 Å². The maximum atomic E-state index is 12.1. The van der Waals surface area contributed by atoms with Gasteiger partial charge < -0.3 is 24.1 Å². The lowest BCUT2D eigenvalue weighted by molar-refractivity contribution is -0.257. The molecule has 8 nitrogen and oxygen atoms in total. The van der Waals surface area contributed by atoms with Crippen LogP contribution >= 0.6 is 0 Å². The second-order valence-corrected chi connectivity index (χ2v) is 14.4. The molecule has 1 fully saturated rings. The molecule has 0 amide bonds. The molecule has 0 aromatic heterocycles. The predicted molar refractivity (Wildman–Crippen MR) is 113 cm³/mol. The van der Waals surface area contributed by atoms with E-state index >= 15 is 0 Å². The number of Topliss-reactive ketones (excluding diaryl/α,β-unsaturated/α-hetero) is 1. The minimum absolute atomic E-state index is 0.0720. The van der Waals surface area contributed by atoms with Crippen LogP contribution in [0.1, 0.15) is 72.6 Å². The van der Waals surface area contributed by atoms with Gasteiger partial charge in [0.15, 0.2) is 14.1 Å². The number of hydrogen-bond acceptors (Lipinski definition) is 7. The topological polar surface area (TPSA) is 119 Å². The number of hydrogen-bond donors (Lipinski definition) is 2. The third-order valence-electron chi connectivity index (χ3n) is 5.80. The maximum Gasteiger partial charge on any atom is 0.313 e. The zero-order chi connectivity index (χ0) is 23.2. The van der Waals surface area contributed by atoms with Crippen molar-refractivity contribution in [2.75, 3.05) is 6.61 Å². The first kappa shape index (κ1) is 26.7. The third-order valence-corrected chi connectivity index (χ3v) is 10.3. The first-order chi connectivity index (χ1) is 13.7. The summed E-state index contributed by atoms with van der Waals surface area (Å²) < 4.78 is 16.9. The first-order valence-corrected chi connectivity index (χ1v) is 13.6. The van der Waals surface area contributed by atoms with Crippen LogP contribution in [0.5, 0.6) is 0 Å². The Labute approximate surface area is 180 Å². The van der Waals surface area contributed by atoms with Gasteiger partial charge in [-0.1, -0.05) is 20.8 Å². The van der Waals surface area contributed by atoms with E-state index in [0.717, 1.165) is 0 Å². The van der Waals surface area contributed by atoms with Crippen LogP contribution in [-0.4, -0.2) is 60.9 Å². The molecule has 0 aromatic carbocycles. The summed E-state index contributed by atoms with van der Waals surface area (Å²) in [7, 11) is -2.19. The molecule has 0 aromatic rings. The quantitative estimate of drug-likeness (QED) is 0.281. The van der Waals surface area contributed by atoms with Gasteiger partial charge in [0.2, 0.25) is 0 Å². The van der Waals surface area contributed by atoms with E-state index in [4.69, 9.17) is 13.9 Å². The highest BCUT2D eigenvalue weighted by atomic mass is 28.4. The zero-order valence-electron chi connectivity index (χ0n) is 19.2. The number of aliphatic carboxylic acids is 1. The molecule has 2 N–H and O–H groups in total. The standard InChI is InChI=1S/C21H38O8Si/c1-7-27-19(25)11-15(22)14-21(26)10-8-9-16(28-21)12-17(13-18(23)24)29-30(5,6)20(2,3)4/h16-17,26H,7-14H2,1-6H3,(H,23,24). The van der Waals surface area contributed by atoms with Crippen LogP contribution < -0.4 is 0 Å². The van der Waals surface area contributed by atoms with Gasteiger partial charge in [-0.15, -0.1) is 0 Å². The Hall–Kier alpha value is -1.29. The fourth-order valence-corrected chi connectivity index (χ4v) is 4.69. The largest absolute Gasteiger partial charge is 0.481 e. The van der Waals surface area contributed by atoms with Crippen LogP contribution in [0.15, 0.2) is 0 Å². The minimum Gasteiger partial charge on any atom is -0.481 e. The Balaban J connectivity index is 2.78. The molecule has 1 aliphatic rings. The van der Waals surface area contributed by atoms with Gasteiger partial charge in [-0.25, -0.2) is 0 Å². The lowest BCUT2D eigenvalue weighted by Gasteiger charge is -2.42. The Morgan fingerprint density at radius 3 is 2.43 bits per heavy atom. The van der Waals surface area contributed by atoms with Crippen molar-refractivity contribution in [3.8, 4) is 0 Å². The Morgan fingerprint density at radius 2 is 1.90 bits per heavy atom. The summed E-state index contributed by atoms with van der Waals surface area (Å²) >= 11 is 0. The van der Waals surface area contributed by atoms with Crippen molar-refractivity contribution < 1.29 is 38.5 Å². The molecule has 1 saturated heterocycles. The van der Waals surface area contributed by atoms with E-state index in [1.165, 1.54) is 0 Å². The molecule has 9 heteroatoms. The molecule has 3 atom stereocenters. The molecule has 0 saturated carbocycles. The number of carboxylic acids is 1. The highest BCUT2D eigenvalue weighted by Crippen LogP contribution is 2.39. The molecule has 0 spiro atoms. The van der Waals surface area contributed by atoms with E-state index in [1.54, 1.807) is 6.92 Å². The normalized spacial score (nSPS) is 23.6. The summed E-state index contributed by atoms with van der Waals surface area (Å²) in [4.78, 5) is 35.0. The van der Waals surface area contributed by atoms with Gasteiger partial charge in [-0.05, 0) is 44.3 Å². The molecular formula is C21H38O8Si. The Bertz CT molecular complexity index is 613. The molecule has 1 rings (SSSR count). The number of aliphatic hydroxyl groups is 1. The number of carboxylic acid groups (broad SMARTS) is 1. The predicted octanol–water partition coefficient (Wildman–Crippen LogP) is 3.41. The lowest BCUT2D eigenvalue weighted by Crippen LogP contribution is -2.47. The molecule has 30 heavy (non-hydrogen) atoms. The highest BCUT2D eigenvalue weighted by molar-refractivity contribution is 6.74. The molecular weight excluding hydrogens is 408 g/mol. The Morgan fingerprint density at radius 1 is 1.27 bits per heavy atom. The van der Waals surface area contributed by atoms with Crippen LogP contribution in [0.25, 0.3) is 0 Å². The molecule has 174 valence electrons. The van der Waals surface area contributed by atoms with Crippen LogP contribution in [0.4, 0.5) is 0 Å². The lowest BCUT2D eigenvalue weighted by atomic mass is 9.93. The average molecular weight is 447 g/mol. The zero-order valence-corrected chi connectivity index (χ0v) is 20.2. The van der Waals surface area contributed by atoms with Crippen LogP contribution in [0.3, 0.4) is 0 Å². The molecule has 0 radical (unpaired) electrons. The van der Waals surface area contributed by atoms with Gasteiger partial charge >= 0.3 is 11.9 Å². The van der Waals surface area contributed by atoms with Crippen LogP contribution in [0.2, 0.25) is 18.1 Å². The third kappa shape index (κ3) is 8.83. The van der Waals surface area contributed by atoms with Gasteiger partial charge in [0.1, 0.15) is 12.2 Å². The number of rotatable bonds is 11. The van der Waals surface area contributed by atoms with Crippen molar-refractivity contribution in [2.45, 2.75) is 109 Å². The number of carbonyl (C=O) groups excluding carboxylic acids is 2. The molecule has 1 aliphatic heterocycles. The average Bonchev–Trinajstić information content (AvgIpc) is 2.51. The fourth-order valence-electron chi connectivity index (χ4n) is 3.33. The van der Waals surface area contributed by atoms with Crippen LogP contribution in [0, 0.1) is 0 Å². The second kappa shape index (κ2) is 10.8. The minimum atomic E-state index is -2.19. The summed E-state index contributed by atoms with van der Waals surface area (Å²) in [5, 5.41) is 20.0. The number of carbonyl (C=O) groups is 3. The molecule has 3 unspecified atom stereocenters. The summed E-state index contributed by atoms with van der Waals surface area (Å²) in [6.07, 6.45) is 0.0816. The molecule has 0 aliphatic carbocycles. The van der Waals surface area contributed by atoms with Crippen LogP contribution in [-0.2, 0) is 28.3 Å². The van der Waals surface area contributed by atoms with Crippen molar-refractivity contribution in [3.05, 3.63) is 0 Å². The van der Waals surface area contributed by atoms with E-state index in [2.05, 4.69) is 33.9 Å². The van der Waals surface area contributed by atoms with E-state index in [1.807, 2.05) is 0 Å². The van der Waals surface area contributed by atoms with Gasteiger partial charge in [-0.2, -0.15) is 0 Å². The summed E-state index contributed by atoms with van der Waals surface area (Å²) in [6.45, 7) is 12.2. The van der Waals surface area contributed by atoms with E-state index in [-0.39, 0.29) is 30.9 Å². The van der Waals surface area contributed by atoms with Crippen molar-refractivity contribution in [2.24, 2.45) is 0 Å². The van der Waals surface area contributed by atoms with E-state index in [9.17, 15) is 24.6 Å². The summed E-state index contributed by atoms with van der Waals surface area (Å²) in [6, 6.07) is 0. The van der Waals surface area contributed by atoms with E-state index in [0.29, 0.717) is 19.3 Å². The second-order valence-electron chi connectivity index (χ2n) is 9.61. The van der Waals surface area contributed by atoms with Gasteiger partial charge in [0.05, 0.1) is 31.7 Å². The van der Waals surface area contributed by atoms with E-state index < -0.39 is 50.5 Å². The van der Waals surface area contributed by atoms with Crippen molar-refractivity contribution in [3.63, 3.8) is 0 Å². The van der Waals surface area contributed by atoms with Crippen molar-refractivity contribution >= 4 is 26.0 Å². The number of esters is 1. The van der Waals surface area contributed by atoms with Crippen molar-refractivity contribution in [1.29, 1.82) is 0 Å². The summed E-state index contributed by atoms with van der Waals surface area (Å²) in [5.74, 6) is -3.68.